The molecule has 2 aromatic heterocycles. The Morgan fingerprint density at radius 3 is 3.00 bits per heavy atom. The summed E-state index contributed by atoms with van der Waals surface area (Å²) in [6.45, 7) is 4.89. The molecule has 0 atom stereocenters. The van der Waals surface area contributed by atoms with Crippen molar-refractivity contribution in [3.05, 3.63) is 51.7 Å². The number of hydrogen-bond acceptors (Lipinski definition) is 3. The number of halogens is 1. The van der Waals surface area contributed by atoms with Gasteiger partial charge in [-0.25, -0.2) is 4.98 Å². The molecule has 0 aliphatic heterocycles. The molecule has 1 aromatic carbocycles. The Morgan fingerprint density at radius 2 is 2.21 bits per heavy atom. The minimum atomic E-state index is 0.740. The van der Waals surface area contributed by atoms with Crippen LogP contribution in [-0.2, 0) is 6.54 Å². The molecule has 0 fully saturated rings. The van der Waals surface area contributed by atoms with Crippen molar-refractivity contribution in [3.8, 4) is 0 Å². The van der Waals surface area contributed by atoms with Crippen molar-refractivity contribution in [1.82, 2.24) is 9.38 Å². The number of hydrogen-bond donors (Lipinski definition) is 1. The van der Waals surface area contributed by atoms with Crippen LogP contribution in [-0.4, -0.2) is 9.38 Å². The molecule has 0 saturated heterocycles. The van der Waals surface area contributed by atoms with Gasteiger partial charge in [0.15, 0.2) is 4.96 Å². The number of benzene rings is 1. The molecule has 5 heteroatoms. The van der Waals surface area contributed by atoms with Crippen LogP contribution >= 0.6 is 22.9 Å². The molecule has 3 aromatic rings. The van der Waals surface area contributed by atoms with Crippen molar-refractivity contribution >= 4 is 33.6 Å². The topological polar surface area (TPSA) is 29.3 Å². The lowest BCUT2D eigenvalue weighted by atomic mass is 10.3. The van der Waals surface area contributed by atoms with Gasteiger partial charge in [0, 0.05) is 21.8 Å². The first-order valence-electron chi connectivity index (χ1n) is 6.07. The summed E-state index contributed by atoms with van der Waals surface area (Å²) < 4.78 is 2.16. The predicted molar refractivity (Wildman–Crippen MR) is 81.3 cm³/mol. The maximum atomic E-state index is 5.98. The lowest BCUT2D eigenvalue weighted by molar-refractivity contribution is 0.991. The first-order chi connectivity index (χ1) is 9.13. The number of imidazole rings is 1. The maximum Gasteiger partial charge on any atom is 0.194 e. The van der Waals surface area contributed by atoms with Crippen molar-refractivity contribution in [2.75, 3.05) is 5.32 Å². The largest absolute Gasteiger partial charge is 0.379 e. The molecule has 0 spiro atoms. The summed E-state index contributed by atoms with van der Waals surface area (Å²) in [5.41, 5.74) is 3.29. The summed E-state index contributed by atoms with van der Waals surface area (Å²) >= 11 is 7.69. The molecule has 19 heavy (non-hydrogen) atoms. The van der Waals surface area contributed by atoms with E-state index in [1.165, 1.54) is 10.6 Å². The lowest BCUT2D eigenvalue weighted by Crippen LogP contribution is -2.03. The Morgan fingerprint density at radius 1 is 1.37 bits per heavy atom. The summed E-state index contributed by atoms with van der Waals surface area (Å²) in [7, 11) is 0. The van der Waals surface area contributed by atoms with Crippen LogP contribution in [0.1, 0.15) is 16.3 Å². The number of aromatic nitrogens is 2. The fourth-order valence-corrected chi connectivity index (χ4v) is 3.19. The fourth-order valence-electron chi connectivity index (χ4n) is 2.11. The zero-order valence-corrected chi connectivity index (χ0v) is 12.3. The second kappa shape index (κ2) is 4.87. The quantitative estimate of drug-likeness (QED) is 0.780. The van der Waals surface area contributed by atoms with E-state index in [0.29, 0.717) is 0 Å². The average molecular weight is 292 g/mol. The molecule has 0 bridgehead atoms. The molecule has 1 N–H and O–H groups in total. The third-order valence-corrected chi connectivity index (χ3v) is 4.16. The summed E-state index contributed by atoms with van der Waals surface area (Å²) in [5.74, 6) is 0. The van der Waals surface area contributed by atoms with Crippen molar-refractivity contribution in [3.63, 3.8) is 0 Å². The normalized spacial score (nSPS) is 11.1. The number of rotatable bonds is 3. The second-order valence-corrected chi connectivity index (χ2v) is 6.15. The Kier molecular flexibility index (Phi) is 3.21. The van der Waals surface area contributed by atoms with Gasteiger partial charge >= 0.3 is 0 Å². The van der Waals surface area contributed by atoms with Gasteiger partial charge in [-0.05, 0) is 32.0 Å². The first-order valence-corrected chi connectivity index (χ1v) is 7.26. The number of anilines is 1. The van der Waals surface area contributed by atoms with Crippen LogP contribution in [0.15, 0.2) is 30.5 Å². The molecule has 0 aliphatic rings. The fraction of sp³-hybridized carbons (Fsp3) is 0.214. The van der Waals surface area contributed by atoms with Crippen LogP contribution in [0, 0.1) is 13.8 Å². The van der Waals surface area contributed by atoms with Crippen LogP contribution in [0.2, 0.25) is 5.02 Å². The summed E-state index contributed by atoms with van der Waals surface area (Å²) in [6.07, 6.45) is 2.13. The van der Waals surface area contributed by atoms with Gasteiger partial charge in [0.25, 0.3) is 0 Å². The van der Waals surface area contributed by atoms with E-state index in [0.717, 1.165) is 27.9 Å². The number of thiazole rings is 1. The standard InChI is InChI=1S/C14H14ClN3S/c1-9-8-18-13(10(2)17-14(18)19-9)7-16-12-5-3-4-11(15)6-12/h3-6,8,16H,7H2,1-2H3. The minimum absolute atomic E-state index is 0.740. The highest BCUT2D eigenvalue weighted by Crippen LogP contribution is 2.22. The highest BCUT2D eigenvalue weighted by Gasteiger charge is 2.10. The first kappa shape index (κ1) is 12.5. The summed E-state index contributed by atoms with van der Waals surface area (Å²) in [6, 6.07) is 7.75. The third kappa shape index (κ3) is 2.46. The Hall–Kier alpha value is -1.52. The van der Waals surface area contributed by atoms with E-state index in [4.69, 9.17) is 11.6 Å². The van der Waals surface area contributed by atoms with E-state index in [1.54, 1.807) is 11.3 Å². The highest BCUT2D eigenvalue weighted by molar-refractivity contribution is 7.17. The lowest BCUT2D eigenvalue weighted by Gasteiger charge is -2.06. The van der Waals surface area contributed by atoms with Gasteiger partial charge in [0.05, 0.1) is 17.9 Å². The Bertz CT molecular complexity index is 729. The monoisotopic (exact) mass is 291 g/mol. The Labute approximate surface area is 120 Å². The van der Waals surface area contributed by atoms with Crippen LogP contribution in [0.4, 0.5) is 5.69 Å². The SMILES string of the molecule is Cc1cn2c(CNc3cccc(Cl)c3)c(C)nc2s1. The van der Waals surface area contributed by atoms with Gasteiger partial charge in [-0.1, -0.05) is 17.7 Å². The maximum absolute atomic E-state index is 5.98. The molecule has 3 rings (SSSR count). The van der Waals surface area contributed by atoms with E-state index in [9.17, 15) is 0 Å². The van der Waals surface area contributed by atoms with E-state index in [1.807, 2.05) is 31.2 Å². The van der Waals surface area contributed by atoms with Crippen molar-refractivity contribution in [2.24, 2.45) is 0 Å². The molecule has 0 saturated carbocycles. The molecule has 98 valence electrons. The van der Waals surface area contributed by atoms with Gasteiger partial charge in [-0.3, -0.25) is 4.40 Å². The number of fused-ring (bicyclic) bond motifs is 1. The zero-order valence-electron chi connectivity index (χ0n) is 10.8. The smallest absolute Gasteiger partial charge is 0.194 e. The van der Waals surface area contributed by atoms with Crippen molar-refractivity contribution in [2.45, 2.75) is 20.4 Å². The molecule has 0 radical (unpaired) electrons. The molecule has 0 aliphatic carbocycles. The average Bonchev–Trinajstić information content (AvgIpc) is 2.82. The van der Waals surface area contributed by atoms with Gasteiger partial charge in [0.1, 0.15) is 0 Å². The van der Waals surface area contributed by atoms with Gasteiger partial charge < -0.3 is 5.32 Å². The summed E-state index contributed by atoms with van der Waals surface area (Å²) in [4.78, 5) is 6.90. The Balaban J connectivity index is 1.87. The molecule has 0 amide bonds. The zero-order chi connectivity index (χ0) is 13.4. The van der Waals surface area contributed by atoms with E-state index in [-0.39, 0.29) is 0 Å². The van der Waals surface area contributed by atoms with Crippen molar-refractivity contribution < 1.29 is 0 Å². The molecule has 0 unspecified atom stereocenters. The molecular formula is C14H14ClN3S. The van der Waals surface area contributed by atoms with Crippen LogP contribution in [0.25, 0.3) is 4.96 Å². The van der Waals surface area contributed by atoms with Crippen LogP contribution < -0.4 is 5.32 Å². The highest BCUT2D eigenvalue weighted by atomic mass is 35.5. The van der Waals surface area contributed by atoms with E-state index >= 15 is 0 Å². The van der Waals surface area contributed by atoms with Crippen LogP contribution in [0.5, 0.6) is 0 Å². The second-order valence-electron chi connectivity index (χ2n) is 4.50. The van der Waals surface area contributed by atoms with E-state index in [2.05, 4.69) is 27.8 Å². The number of nitrogens with zero attached hydrogens (tertiary/aromatic N) is 2. The van der Waals surface area contributed by atoms with Gasteiger partial charge in [-0.15, -0.1) is 11.3 Å². The van der Waals surface area contributed by atoms with Crippen molar-refractivity contribution in [1.29, 1.82) is 0 Å². The van der Waals surface area contributed by atoms with E-state index < -0.39 is 0 Å². The molecule has 2 heterocycles. The number of aryl methyl sites for hydroxylation is 2. The minimum Gasteiger partial charge on any atom is -0.379 e. The third-order valence-electron chi connectivity index (χ3n) is 3.03. The van der Waals surface area contributed by atoms with Crippen LogP contribution in [0.3, 0.4) is 0 Å². The molecular weight excluding hydrogens is 278 g/mol. The molecule has 3 nitrogen and oxygen atoms in total. The predicted octanol–water partition coefficient (Wildman–Crippen LogP) is 4.28. The van der Waals surface area contributed by atoms with Gasteiger partial charge in [-0.2, -0.15) is 0 Å². The van der Waals surface area contributed by atoms with Gasteiger partial charge in [0.2, 0.25) is 0 Å². The summed E-state index contributed by atoms with van der Waals surface area (Å²) in [5, 5.41) is 4.13. The number of nitrogens with one attached hydrogen (secondary N) is 1.